The van der Waals surface area contributed by atoms with Gasteiger partial charge >= 0.3 is 0 Å². The van der Waals surface area contributed by atoms with Gasteiger partial charge in [0.2, 0.25) is 0 Å². The van der Waals surface area contributed by atoms with E-state index in [1.54, 1.807) is 6.20 Å². The average molecular weight is 329 g/mol. The summed E-state index contributed by atoms with van der Waals surface area (Å²) >= 11 is 3.43. The highest BCUT2D eigenvalue weighted by Crippen LogP contribution is 2.25. The van der Waals surface area contributed by atoms with Gasteiger partial charge in [-0.15, -0.1) is 0 Å². The summed E-state index contributed by atoms with van der Waals surface area (Å²) in [6.07, 6.45) is 2.73. The quantitative estimate of drug-likeness (QED) is 0.721. The predicted octanol–water partition coefficient (Wildman–Crippen LogP) is 3.11. The minimum absolute atomic E-state index is 0.220. The molecule has 0 aliphatic carbocycles. The molecular weight excluding hydrogens is 316 g/mol. The van der Waals surface area contributed by atoms with Gasteiger partial charge < -0.3 is 10.3 Å². The van der Waals surface area contributed by atoms with Crippen LogP contribution in [-0.4, -0.2) is 15.0 Å². The van der Waals surface area contributed by atoms with E-state index in [1.807, 2.05) is 6.07 Å². The number of nitrogens with one attached hydrogen (secondary N) is 2. The predicted molar refractivity (Wildman–Crippen MR) is 81.3 cm³/mol. The van der Waals surface area contributed by atoms with Crippen LogP contribution in [0.4, 0.5) is 0 Å². The Morgan fingerprint density at radius 2 is 2.05 bits per heavy atom. The number of imidazole rings is 1. The van der Waals surface area contributed by atoms with Gasteiger partial charge in [-0.25, -0.2) is 9.97 Å². The molecule has 100 valence electrons. The third kappa shape index (κ3) is 2.03. The molecule has 5 heteroatoms. The first-order valence-corrected chi connectivity index (χ1v) is 7.40. The molecule has 4 nitrogen and oxygen atoms in total. The Balaban J connectivity index is 1.70. The first-order chi connectivity index (χ1) is 9.79. The monoisotopic (exact) mass is 328 g/mol. The zero-order chi connectivity index (χ0) is 13.5. The molecule has 3 aromatic rings. The van der Waals surface area contributed by atoms with Crippen LogP contribution >= 0.6 is 15.9 Å². The van der Waals surface area contributed by atoms with E-state index >= 15 is 0 Å². The SMILES string of the molecule is Brc1cnc2nc(C3Cc4ccccc4CN3)[nH]c2c1. The van der Waals surface area contributed by atoms with Crippen LogP contribution in [0.25, 0.3) is 11.2 Å². The van der Waals surface area contributed by atoms with Gasteiger partial charge in [0.25, 0.3) is 0 Å². The van der Waals surface area contributed by atoms with E-state index < -0.39 is 0 Å². The largest absolute Gasteiger partial charge is 0.339 e. The van der Waals surface area contributed by atoms with Crippen molar-refractivity contribution in [3.8, 4) is 0 Å². The molecule has 1 unspecified atom stereocenters. The molecule has 1 aliphatic heterocycles. The maximum Gasteiger partial charge on any atom is 0.177 e. The highest BCUT2D eigenvalue weighted by atomic mass is 79.9. The van der Waals surface area contributed by atoms with Crippen molar-refractivity contribution in [2.75, 3.05) is 0 Å². The second kappa shape index (κ2) is 4.68. The molecule has 4 rings (SSSR count). The van der Waals surface area contributed by atoms with Gasteiger partial charge in [-0.2, -0.15) is 0 Å². The van der Waals surface area contributed by atoms with Crippen LogP contribution in [0.2, 0.25) is 0 Å². The van der Waals surface area contributed by atoms with Gasteiger partial charge in [-0.1, -0.05) is 24.3 Å². The molecule has 2 aromatic heterocycles. The summed E-state index contributed by atoms with van der Waals surface area (Å²) in [6.45, 7) is 0.884. The molecule has 0 spiro atoms. The van der Waals surface area contributed by atoms with Gasteiger partial charge in [0.15, 0.2) is 5.65 Å². The Bertz CT molecular complexity index is 780. The maximum absolute atomic E-state index is 4.60. The van der Waals surface area contributed by atoms with Crippen molar-refractivity contribution in [2.45, 2.75) is 19.0 Å². The normalized spacial score (nSPS) is 18.1. The number of pyridine rings is 1. The molecule has 3 heterocycles. The molecule has 1 aromatic carbocycles. The lowest BCUT2D eigenvalue weighted by Gasteiger charge is -2.24. The maximum atomic E-state index is 4.60. The van der Waals surface area contributed by atoms with E-state index in [0.717, 1.165) is 34.4 Å². The molecule has 1 atom stereocenters. The molecule has 0 amide bonds. The van der Waals surface area contributed by atoms with Gasteiger partial charge in [0.1, 0.15) is 5.82 Å². The minimum Gasteiger partial charge on any atom is -0.339 e. The van der Waals surface area contributed by atoms with Gasteiger partial charge in [0, 0.05) is 17.2 Å². The second-order valence-corrected chi connectivity index (χ2v) is 5.97. The highest BCUT2D eigenvalue weighted by Gasteiger charge is 2.22. The first kappa shape index (κ1) is 12.1. The lowest BCUT2D eigenvalue weighted by Crippen LogP contribution is -2.29. The number of aromatic nitrogens is 3. The van der Waals surface area contributed by atoms with Gasteiger partial charge in [0.05, 0.1) is 11.6 Å². The number of halogens is 1. The summed E-state index contributed by atoms with van der Waals surface area (Å²) in [6, 6.07) is 10.8. The van der Waals surface area contributed by atoms with Gasteiger partial charge in [-0.05, 0) is 39.5 Å². The van der Waals surface area contributed by atoms with Crippen molar-refractivity contribution in [3.05, 3.63) is 58.0 Å². The summed E-state index contributed by atoms with van der Waals surface area (Å²) < 4.78 is 0.960. The number of rotatable bonds is 1. The lowest BCUT2D eigenvalue weighted by atomic mass is 9.96. The Kier molecular flexibility index (Phi) is 2.82. The topological polar surface area (TPSA) is 53.6 Å². The molecule has 20 heavy (non-hydrogen) atoms. The van der Waals surface area contributed by atoms with Crippen LogP contribution < -0.4 is 5.32 Å². The number of H-pyrrole nitrogens is 1. The molecule has 2 N–H and O–H groups in total. The summed E-state index contributed by atoms with van der Waals surface area (Å²) in [5, 5.41) is 3.53. The Labute approximate surface area is 124 Å². The van der Waals surface area contributed by atoms with E-state index in [2.05, 4.69) is 60.5 Å². The van der Waals surface area contributed by atoms with E-state index in [1.165, 1.54) is 11.1 Å². The zero-order valence-electron chi connectivity index (χ0n) is 10.7. The lowest BCUT2D eigenvalue weighted by molar-refractivity contribution is 0.481. The summed E-state index contributed by atoms with van der Waals surface area (Å²) in [5.74, 6) is 0.958. The summed E-state index contributed by atoms with van der Waals surface area (Å²) in [4.78, 5) is 12.3. The highest BCUT2D eigenvalue weighted by molar-refractivity contribution is 9.10. The number of nitrogens with zero attached hydrogens (tertiary/aromatic N) is 2. The van der Waals surface area contributed by atoms with E-state index in [4.69, 9.17) is 0 Å². The third-order valence-electron chi connectivity index (χ3n) is 3.73. The molecule has 0 fully saturated rings. The molecule has 0 bridgehead atoms. The Hall–Kier alpha value is -1.72. The van der Waals surface area contributed by atoms with Crippen LogP contribution in [0.1, 0.15) is 23.0 Å². The van der Waals surface area contributed by atoms with Crippen molar-refractivity contribution >= 4 is 27.1 Å². The molecule has 0 saturated heterocycles. The Morgan fingerprint density at radius 1 is 1.20 bits per heavy atom. The summed E-state index contributed by atoms with van der Waals surface area (Å²) in [5.41, 5.74) is 4.51. The number of hydrogen-bond acceptors (Lipinski definition) is 3. The number of benzene rings is 1. The standard InChI is InChI=1S/C15H13BrN4/c16-11-6-13-14(18-8-11)20-15(19-13)12-5-9-3-1-2-4-10(9)7-17-12/h1-4,6,8,12,17H,5,7H2,(H,18,19,20). The molecular formula is C15H13BrN4. The van der Waals surface area contributed by atoms with E-state index in [0.29, 0.717) is 0 Å². The van der Waals surface area contributed by atoms with Crippen LogP contribution in [-0.2, 0) is 13.0 Å². The average Bonchev–Trinajstić information content (AvgIpc) is 2.89. The summed E-state index contributed by atoms with van der Waals surface area (Å²) in [7, 11) is 0. The fourth-order valence-corrected chi connectivity index (χ4v) is 3.04. The van der Waals surface area contributed by atoms with Crippen LogP contribution in [0, 0.1) is 0 Å². The van der Waals surface area contributed by atoms with Crippen molar-refractivity contribution in [3.63, 3.8) is 0 Å². The number of hydrogen-bond donors (Lipinski definition) is 2. The first-order valence-electron chi connectivity index (χ1n) is 6.61. The van der Waals surface area contributed by atoms with Crippen LogP contribution in [0.3, 0.4) is 0 Å². The third-order valence-corrected chi connectivity index (χ3v) is 4.17. The molecule has 0 saturated carbocycles. The van der Waals surface area contributed by atoms with Crippen LogP contribution in [0.15, 0.2) is 41.0 Å². The fraction of sp³-hybridized carbons (Fsp3) is 0.200. The Morgan fingerprint density at radius 3 is 2.95 bits per heavy atom. The van der Waals surface area contributed by atoms with Crippen molar-refractivity contribution in [2.24, 2.45) is 0 Å². The number of aromatic amines is 1. The fourth-order valence-electron chi connectivity index (χ4n) is 2.71. The smallest absolute Gasteiger partial charge is 0.177 e. The van der Waals surface area contributed by atoms with E-state index in [-0.39, 0.29) is 6.04 Å². The minimum atomic E-state index is 0.220. The van der Waals surface area contributed by atoms with Crippen molar-refractivity contribution in [1.29, 1.82) is 0 Å². The molecule has 0 radical (unpaired) electrons. The van der Waals surface area contributed by atoms with E-state index in [9.17, 15) is 0 Å². The zero-order valence-corrected chi connectivity index (χ0v) is 12.3. The van der Waals surface area contributed by atoms with Crippen molar-refractivity contribution < 1.29 is 0 Å². The molecule has 1 aliphatic rings. The van der Waals surface area contributed by atoms with Crippen LogP contribution in [0.5, 0.6) is 0 Å². The number of fused-ring (bicyclic) bond motifs is 2. The van der Waals surface area contributed by atoms with Gasteiger partial charge in [-0.3, -0.25) is 0 Å². The van der Waals surface area contributed by atoms with Crippen molar-refractivity contribution in [1.82, 2.24) is 20.3 Å². The second-order valence-electron chi connectivity index (χ2n) is 5.05.